The van der Waals surface area contributed by atoms with E-state index in [0.717, 1.165) is 32.1 Å². The molecule has 7 N–H and O–H groups in total. The van der Waals surface area contributed by atoms with Crippen LogP contribution < -0.4 is 21.7 Å². The van der Waals surface area contributed by atoms with Crippen molar-refractivity contribution in [3.63, 3.8) is 0 Å². The van der Waals surface area contributed by atoms with E-state index >= 15 is 0 Å². The first-order valence-electron chi connectivity index (χ1n) is 12.0. The topological polar surface area (TPSA) is 188 Å². The van der Waals surface area contributed by atoms with Gasteiger partial charge in [0.05, 0.1) is 6.61 Å². The van der Waals surface area contributed by atoms with Gasteiger partial charge in [-0.05, 0) is 37.5 Å². The molecule has 0 radical (unpaired) electrons. The van der Waals surface area contributed by atoms with Crippen molar-refractivity contribution in [3.05, 3.63) is 0 Å². The number of carbonyl (C=O) groups is 5. The lowest BCUT2D eigenvalue weighted by molar-refractivity contribution is -0.143. The van der Waals surface area contributed by atoms with Crippen LogP contribution in [0.25, 0.3) is 0 Å². The highest BCUT2D eigenvalue weighted by molar-refractivity contribution is 5.94. The van der Waals surface area contributed by atoms with Crippen LogP contribution in [-0.2, 0) is 24.0 Å². The molecule has 11 nitrogen and oxygen atoms in total. The van der Waals surface area contributed by atoms with E-state index in [2.05, 4.69) is 16.0 Å². The third kappa shape index (κ3) is 10.1. The number of amides is 4. The van der Waals surface area contributed by atoms with Crippen molar-refractivity contribution in [1.82, 2.24) is 16.0 Å². The van der Waals surface area contributed by atoms with Crippen molar-refractivity contribution < 1.29 is 34.2 Å². The highest BCUT2D eigenvalue weighted by Crippen LogP contribution is 2.30. The van der Waals surface area contributed by atoms with Gasteiger partial charge in [-0.25, -0.2) is 4.79 Å². The van der Waals surface area contributed by atoms with Crippen LogP contribution in [0.15, 0.2) is 0 Å². The first-order chi connectivity index (χ1) is 16.0. The molecular weight excluding hydrogens is 444 g/mol. The average Bonchev–Trinajstić information content (AvgIpc) is 2.78. The molecule has 1 fully saturated rings. The first kappa shape index (κ1) is 29.3. The molecule has 0 spiro atoms. The van der Waals surface area contributed by atoms with Crippen LogP contribution in [-0.4, -0.2) is 64.5 Å². The second-order valence-electron chi connectivity index (χ2n) is 9.53. The van der Waals surface area contributed by atoms with Crippen LogP contribution in [0.2, 0.25) is 0 Å². The Hall–Kier alpha value is -2.69. The number of rotatable bonds is 14. The minimum Gasteiger partial charge on any atom is -0.480 e. The number of aliphatic carboxylic acids is 1. The standard InChI is InChI=1S/C23H40N4O7/c1-13(2)11-17(23(33)34)26-22(32)18(12-28)27-21(31)16(9-10-19(24)29)25-20(30)14(3)15-7-5-4-6-8-15/h13-18,28H,4-12H2,1-3H3,(H2,24,29)(H,25,30)(H,26,32)(H,27,31)(H,33,34)/t14-,16-,17-,18-/m0/s1. The number of primary amides is 1. The lowest BCUT2D eigenvalue weighted by atomic mass is 9.80. The van der Waals surface area contributed by atoms with Crippen LogP contribution in [0.4, 0.5) is 0 Å². The Kier molecular flexibility index (Phi) is 12.6. The molecule has 0 bridgehead atoms. The zero-order valence-electron chi connectivity index (χ0n) is 20.3. The van der Waals surface area contributed by atoms with Gasteiger partial charge in [0.1, 0.15) is 18.1 Å². The molecule has 1 aliphatic rings. The van der Waals surface area contributed by atoms with Crippen molar-refractivity contribution in [1.29, 1.82) is 0 Å². The van der Waals surface area contributed by atoms with Crippen LogP contribution in [0.3, 0.4) is 0 Å². The fourth-order valence-corrected chi connectivity index (χ4v) is 4.14. The molecule has 34 heavy (non-hydrogen) atoms. The van der Waals surface area contributed by atoms with Gasteiger partial charge in [0.15, 0.2) is 0 Å². The summed E-state index contributed by atoms with van der Waals surface area (Å²) >= 11 is 0. The fourth-order valence-electron chi connectivity index (χ4n) is 4.14. The van der Waals surface area contributed by atoms with Gasteiger partial charge in [0, 0.05) is 12.3 Å². The number of carboxylic acid groups (broad SMARTS) is 1. The number of aliphatic hydroxyl groups is 1. The molecular formula is C23H40N4O7. The fraction of sp³-hybridized carbons (Fsp3) is 0.783. The van der Waals surface area contributed by atoms with E-state index in [1.807, 2.05) is 0 Å². The predicted octanol–water partition coefficient (Wildman–Crippen LogP) is 0.0457. The molecule has 0 aromatic carbocycles. The van der Waals surface area contributed by atoms with Gasteiger partial charge in [0.2, 0.25) is 23.6 Å². The Labute approximate surface area is 200 Å². The molecule has 0 aromatic heterocycles. The summed E-state index contributed by atoms with van der Waals surface area (Å²) in [4.78, 5) is 60.9. The van der Waals surface area contributed by atoms with Gasteiger partial charge < -0.3 is 31.9 Å². The molecule has 194 valence electrons. The third-order valence-corrected chi connectivity index (χ3v) is 6.22. The smallest absolute Gasteiger partial charge is 0.326 e. The number of aliphatic hydroxyl groups excluding tert-OH is 1. The molecule has 0 aromatic rings. The molecule has 0 heterocycles. The molecule has 1 saturated carbocycles. The van der Waals surface area contributed by atoms with Crippen molar-refractivity contribution in [2.24, 2.45) is 23.5 Å². The summed E-state index contributed by atoms with van der Waals surface area (Å²) in [5.74, 6) is -3.97. The van der Waals surface area contributed by atoms with E-state index in [-0.39, 0.29) is 42.9 Å². The average molecular weight is 485 g/mol. The van der Waals surface area contributed by atoms with Crippen molar-refractivity contribution in [2.75, 3.05) is 6.61 Å². The van der Waals surface area contributed by atoms with Gasteiger partial charge in [-0.2, -0.15) is 0 Å². The van der Waals surface area contributed by atoms with E-state index in [4.69, 9.17) is 5.73 Å². The van der Waals surface area contributed by atoms with Crippen LogP contribution >= 0.6 is 0 Å². The van der Waals surface area contributed by atoms with E-state index in [0.29, 0.717) is 0 Å². The molecule has 0 saturated heterocycles. The predicted molar refractivity (Wildman–Crippen MR) is 124 cm³/mol. The molecule has 1 aliphatic carbocycles. The molecule has 1 rings (SSSR count). The van der Waals surface area contributed by atoms with Gasteiger partial charge in [0.25, 0.3) is 0 Å². The summed E-state index contributed by atoms with van der Waals surface area (Å²) < 4.78 is 0. The van der Waals surface area contributed by atoms with Crippen LogP contribution in [0.5, 0.6) is 0 Å². The zero-order valence-corrected chi connectivity index (χ0v) is 20.3. The number of nitrogens with one attached hydrogen (secondary N) is 3. The van der Waals surface area contributed by atoms with Gasteiger partial charge in [-0.3, -0.25) is 19.2 Å². The number of hydrogen-bond donors (Lipinski definition) is 6. The Balaban J connectivity index is 2.85. The maximum absolute atomic E-state index is 12.9. The Morgan fingerprint density at radius 1 is 0.853 bits per heavy atom. The molecule has 4 atom stereocenters. The normalized spacial score (nSPS) is 17.8. The first-order valence-corrected chi connectivity index (χ1v) is 12.0. The quantitative estimate of drug-likeness (QED) is 0.201. The maximum atomic E-state index is 12.9. The van der Waals surface area contributed by atoms with E-state index in [1.54, 1.807) is 20.8 Å². The van der Waals surface area contributed by atoms with E-state index in [1.165, 1.54) is 0 Å². The third-order valence-electron chi connectivity index (χ3n) is 6.22. The number of carbonyl (C=O) groups excluding carboxylic acids is 4. The molecule has 0 aliphatic heterocycles. The zero-order chi connectivity index (χ0) is 25.8. The summed E-state index contributed by atoms with van der Waals surface area (Å²) in [5, 5.41) is 26.3. The Morgan fingerprint density at radius 3 is 1.88 bits per heavy atom. The largest absolute Gasteiger partial charge is 0.480 e. The summed E-state index contributed by atoms with van der Waals surface area (Å²) in [5.41, 5.74) is 5.20. The summed E-state index contributed by atoms with van der Waals surface area (Å²) in [7, 11) is 0. The number of nitrogens with two attached hydrogens (primary N) is 1. The second-order valence-corrected chi connectivity index (χ2v) is 9.53. The number of carboxylic acids is 1. The van der Waals surface area contributed by atoms with Crippen molar-refractivity contribution in [3.8, 4) is 0 Å². The highest BCUT2D eigenvalue weighted by atomic mass is 16.4. The van der Waals surface area contributed by atoms with Crippen LogP contribution in [0.1, 0.15) is 72.1 Å². The van der Waals surface area contributed by atoms with Gasteiger partial charge in [-0.1, -0.05) is 40.0 Å². The number of hydrogen-bond acceptors (Lipinski definition) is 6. The van der Waals surface area contributed by atoms with Crippen LogP contribution in [0, 0.1) is 17.8 Å². The van der Waals surface area contributed by atoms with Gasteiger partial charge >= 0.3 is 5.97 Å². The molecule has 0 unspecified atom stereocenters. The summed E-state index contributed by atoms with van der Waals surface area (Å²) in [6, 6.07) is -3.75. The highest BCUT2D eigenvalue weighted by Gasteiger charge is 2.32. The van der Waals surface area contributed by atoms with Crippen molar-refractivity contribution >= 4 is 29.6 Å². The minimum absolute atomic E-state index is 0.0110. The molecule has 4 amide bonds. The monoisotopic (exact) mass is 484 g/mol. The Morgan fingerprint density at radius 2 is 1.38 bits per heavy atom. The maximum Gasteiger partial charge on any atom is 0.326 e. The summed E-state index contributed by atoms with van der Waals surface area (Å²) in [6.07, 6.45) is 5.03. The van der Waals surface area contributed by atoms with E-state index in [9.17, 15) is 34.2 Å². The van der Waals surface area contributed by atoms with E-state index < -0.39 is 48.4 Å². The minimum atomic E-state index is -1.43. The lowest BCUT2D eigenvalue weighted by Crippen LogP contribution is -2.57. The van der Waals surface area contributed by atoms with Gasteiger partial charge in [-0.15, -0.1) is 0 Å². The second kappa shape index (κ2) is 14.5. The lowest BCUT2D eigenvalue weighted by Gasteiger charge is -2.29. The Bertz CT molecular complexity index is 722. The molecule has 11 heteroatoms. The van der Waals surface area contributed by atoms with Crippen molar-refractivity contribution in [2.45, 2.75) is 90.3 Å². The summed E-state index contributed by atoms with van der Waals surface area (Å²) in [6.45, 7) is 4.63. The SMILES string of the molecule is CC(C)C[C@H](NC(=O)[C@H](CO)NC(=O)[C@H](CCC(N)=O)NC(=O)[C@@H](C)C1CCCCC1)C(=O)O.